The largest absolute Gasteiger partial charge is 0.492 e. The van der Waals surface area contributed by atoms with Gasteiger partial charge in [0.25, 0.3) is 0 Å². The van der Waals surface area contributed by atoms with Crippen LogP contribution in [0.25, 0.3) is 0 Å². The summed E-state index contributed by atoms with van der Waals surface area (Å²) in [6, 6.07) is 1.27. The van der Waals surface area contributed by atoms with Gasteiger partial charge in [-0.1, -0.05) is 11.6 Å². The van der Waals surface area contributed by atoms with Crippen molar-refractivity contribution >= 4 is 29.2 Å². The summed E-state index contributed by atoms with van der Waals surface area (Å²) < 4.78 is 5.07. The lowest BCUT2D eigenvalue weighted by atomic mass is 10.1. The number of carbonyl (C=O) groups is 2. The Morgan fingerprint density at radius 1 is 1.45 bits per heavy atom. The van der Waals surface area contributed by atoms with Crippen LogP contribution in [-0.4, -0.2) is 34.5 Å². The Morgan fingerprint density at radius 2 is 2.05 bits per heavy atom. The molecule has 0 spiro atoms. The summed E-state index contributed by atoms with van der Waals surface area (Å²) in [4.78, 5) is 27.4. The third-order valence-electron chi connectivity index (χ3n) is 2.22. The number of carbonyl (C=O) groups excluding carboxylic acids is 2. The number of ketones is 1. The molecule has 0 saturated carbocycles. The molecule has 0 aromatic carbocycles. The number of aromatic hydroxyl groups is 1. The quantitative estimate of drug-likeness (QED) is 0.504. The van der Waals surface area contributed by atoms with Crippen LogP contribution in [0.4, 0.5) is 5.82 Å². The highest BCUT2D eigenvalue weighted by molar-refractivity contribution is 6.32. The maximum atomic E-state index is 12.1. The van der Waals surface area contributed by atoms with E-state index < -0.39 is 23.8 Å². The fourth-order valence-electron chi connectivity index (χ4n) is 1.49. The number of hydrogen-bond donors (Lipinski definition) is 2. The van der Waals surface area contributed by atoms with Gasteiger partial charge in [-0.3, -0.25) is 9.59 Å². The van der Waals surface area contributed by atoms with Crippen molar-refractivity contribution in [3.05, 3.63) is 16.7 Å². The summed E-state index contributed by atoms with van der Waals surface area (Å²) in [7, 11) is 1.54. The van der Waals surface area contributed by atoms with E-state index in [0.29, 0.717) is 0 Å². The molecule has 0 atom stereocenters. The molecular weight excluding hydrogens is 284 g/mol. The minimum atomic E-state index is -0.659. The molecule has 0 unspecified atom stereocenters. The number of esters is 1. The van der Waals surface area contributed by atoms with Gasteiger partial charge in [0, 0.05) is 7.05 Å². The molecular formula is C13H17ClN2O4. The molecule has 0 aliphatic carbocycles. The lowest BCUT2D eigenvalue weighted by molar-refractivity contribution is -0.153. The Kier molecular flexibility index (Phi) is 4.94. The predicted octanol–water partition coefficient (Wildman–Crippen LogP) is 2.40. The molecule has 0 aliphatic rings. The van der Waals surface area contributed by atoms with E-state index in [-0.39, 0.29) is 22.3 Å². The molecule has 0 amide bonds. The van der Waals surface area contributed by atoms with Crippen molar-refractivity contribution < 1.29 is 19.4 Å². The van der Waals surface area contributed by atoms with Crippen LogP contribution < -0.4 is 5.32 Å². The van der Waals surface area contributed by atoms with Gasteiger partial charge in [-0.25, -0.2) is 0 Å². The van der Waals surface area contributed by atoms with Gasteiger partial charge in [-0.2, -0.15) is 4.98 Å². The van der Waals surface area contributed by atoms with Crippen molar-refractivity contribution in [2.45, 2.75) is 32.8 Å². The number of pyridine rings is 1. The molecule has 110 valence electrons. The van der Waals surface area contributed by atoms with E-state index in [9.17, 15) is 14.7 Å². The summed E-state index contributed by atoms with van der Waals surface area (Å²) in [6.07, 6.45) is -0.422. The summed E-state index contributed by atoms with van der Waals surface area (Å²) >= 11 is 5.72. The Hall–Kier alpha value is -1.82. The Labute approximate surface area is 122 Å². The first-order valence-electron chi connectivity index (χ1n) is 5.96. The molecule has 0 bridgehead atoms. The molecule has 0 saturated heterocycles. The molecule has 1 aromatic heterocycles. The van der Waals surface area contributed by atoms with Crippen LogP contribution in [0.15, 0.2) is 6.07 Å². The van der Waals surface area contributed by atoms with Crippen LogP contribution in [-0.2, 0) is 9.53 Å². The summed E-state index contributed by atoms with van der Waals surface area (Å²) in [5.74, 6) is -1.35. The number of nitrogens with one attached hydrogen (secondary N) is 1. The van der Waals surface area contributed by atoms with Gasteiger partial charge in [0.2, 0.25) is 5.88 Å². The third-order valence-corrected chi connectivity index (χ3v) is 2.50. The van der Waals surface area contributed by atoms with Crippen LogP contribution >= 0.6 is 11.6 Å². The van der Waals surface area contributed by atoms with Gasteiger partial charge in [-0.05, 0) is 26.8 Å². The van der Waals surface area contributed by atoms with E-state index >= 15 is 0 Å². The van der Waals surface area contributed by atoms with Crippen molar-refractivity contribution in [1.82, 2.24) is 4.98 Å². The number of hydrogen-bond acceptors (Lipinski definition) is 6. The van der Waals surface area contributed by atoms with Gasteiger partial charge in [0.05, 0.1) is 5.56 Å². The van der Waals surface area contributed by atoms with Crippen LogP contribution in [0, 0.1) is 0 Å². The lowest BCUT2D eigenvalue weighted by Crippen LogP contribution is -2.25. The molecule has 1 aromatic rings. The highest BCUT2D eigenvalue weighted by atomic mass is 35.5. The van der Waals surface area contributed by atoms with Crippen molar-refractivity contribution in [2.75, 3.05) is 12.4 Å². The highest BCUT2D eigenvalue weighted by Gasteiger charge is 2.22. The zero-order valence-electron chi connectivity index (χ0n) is 11.8. The Bertz CT molecular complexity index is 538. The average molecular weight is 301 g/mol. The molecule has 2 N–H and O–H groups in total. The van der Waals surface area contributed by atoms with Gasteiger partial charge in [0.1, 0.15) is 22.9 Å². The first-order valence-corrected chi connectivity index (χ1v) is 6.34. The smallest absolute Gasteiger partial charge is 0.314 e. The van der Waals surface area contributed by atoms with E-state index in [1.165, 1.54) is 6.07 Å². The Balaban J connectivity index is 2.93. The SMILES string of the molecule is CNc1nc(O)c(Cl)cc1C(=O)CC(=O)OC(C)(C)C. The van der Waals surface area contributed by atoms with Gasteiger partial charge < -0.3 is 15.2 Å². The second-order valence-electron chi connectivity index (χ2n) is 5.13. The second kappa shape index (κ2) is 6.09. The molecule has 0 fully saturated rings. The van der Waals surface area contributed by atoms with Crippen LogP contribution in [0.2, 0.25) is 5.02 Å². The molecule has 6 nitrogen and oxygen atoms in total. The fraction of sp³-hybridized carbons (Fsp3) is 0.462. The normalized spacial score (nSPS) is 11.1. The number of anilines is 1. The number of halogens is 1. The van der Waals surface area contributed by atoms with E-state index in [0.717, 1.165) is 0 Å². The fourth-order valence-corrected chi connectivity index (χ4v) is 1.64. The molecule has 1 rings (SSSR count). The molecule has 20 heavy (non-hydrogen) atoms. The lowest BCUT2D eigenvalue weighted by Gasteiger charge is -2.19. The zero-order valence-corrected chi connectivity index (χ0v) is 12.5. The molecule has 0 aliphatic heterocycles. The van der Waals surface area contributed by atoms with Crippen LogP contribution in [0.3, 0.4) is 0 Å². The number of nitrogens with zero attached hydrogens (tertiary/aromatic N) is 1. The second-order valence-corrected chi connectivity index (χ2v) is 5.53. The van der Waals surface area contributed by atoms with Crippen LogP contribution in [0.1, 0.15) is 37.6 Å². The standard InChI is InChI=1S/C13H17ClN2O4/c1-13(2,3)20-10(18)6-9(17)7-5-8(14)12(19)16-11(7)15-4/h5H,6H2,1-4H3,(H2,15,16,19). The predicted molar refractivity (Wildman–Crippen MR) is 75.3 cm³/mol. The topological polar surface area (TPSA) is 88.5 Å². The number of rotatable bonds is 4. The van der Waals surface area contributed by atoms with Crippen molar-refractivity contribution in [3.8, 4) is 5.88 Å². The number of ether oxygens (including phenoxy) is 1. The van der Waals surface area contributed by atoms with Crippen molar-refractivity contribution in [3.63, 3.8) is 0 Å². The van der Waals surface area contributed by atoms with Crippen molar-refractivity contribution in [2.24, 2.45) is 0 Å². The van der Waals surface area contributed by atoms with Gasteiger partial charge in [0.15, 0.2) is 5.78 Å². The average Bonchev–Trinajstić information content (AvgIpc) is 2.29. The minimum Gasteiger partial charge on any atom is -0.492 e. The third kappa shape index (κ3) is 4.38. The van der Waals surface area contributed by atoms with E-state index in [2.05, 4.69) is 10.3 Å². The molecule has 1 heterocycles. The van der Waals surface area contributed by atoms with E-state index in [4.69, 9.17) is 16.3 Å². The van der Waals surface area contributed by atoms with Gasteiger partial charge in [-0.15, -0.1) is 0 Å². The number of Topliss-reactive ketones (excluding diaryl/α,β-unsaturated/α-hetero) is 1. The molecule has 0 radical (unpaired) electrons. The summed E-state index contributed by atoms with van der Waals surface area (Å²) in [5.41, 5.74) is -0.533. The minimum absolute atomic E-state index is 0.0588. The zero-order chi connectivity index (χ0) is 15.5. The number of aromatic nitrogens is 1. The first kappa shape index (κ1) is 16.2. The van der Waals surface area contributed by atoms with E-state index in [1.807, 2.05) is 0 Å². The van der Waals surface area contributed by atoms with Gasteiger partial charge >= 0.3 is 5.97 Å². The maximum absolute atomic E-state index is 12.1. The summed E-state index contributed by atoms with van der Waals surface area (Å²) in [5, 5.41) is 12.0. The monoisotopic (exact) mass is 300 g/mol. The first-order chi connectivity index (χ1) is 9.14. The maximum Gasteiger partial charge on any atom is 0.314 e. The Morgan fingerprint density at radius 3 is 2.55 bits per heavy atom. The molecule has 7 heteroatoms. The van der Waals surface area contributed by atoms with Crippen molar-refractivity contribution in [1.29, 1.82) is 0 Å². The highest BCUT2D eigenvalue weighted by Crippen LogP contribution is 2.27. The van der Waals surface area contributed by atoms with E-state index in [1.54, 1.807) is 27.8 Å². The summed E-state index contributed by atoms with van der Waals surface area (Å²) in [6.45, 7) is 5.15. The van der Waals surface area contributed by atoms with Crippen LogP contribution in [0.5, 0.6) is 5.88 Å².